The molecule has 0 spiro atoms. The molecule has 1 N–H and O–H groups in total. The maximum atomic E-state index is 11.9. The molecule has 0 fully saturated rings. The molecule has 1 aromatic carbocycles. The van der Waals surface area contributed by atoms with Gasteiger partial charge in [0.15, 0.2) is 5.12 Å². The Bertz CT molecular complexity index is 629. The number of nitro groups is 1. The van der Waals surface area contributed by atoms with Crippen molar-refractivity contribution in [3.63, 3.8) is 0 Å². The number of thioether (sulfide) groups is 1. The number of hydrogen-bond donors (Lipinski definition) is 1. The zero-order valence-electron chi connectivity index (χ0n) is 13.1. The zero-order chi connectivity index (χ0) is 18.3. The number of carbonyl (C=O) groups excluding carboxylic acids is 2. The molecule has 1 rings (SSSR count). The quantitative estimate of drug-likeness (QED) is 0.427. The first kappa shape index (κ1) is 19.6. The lowest BCUT2D eigenvalue weighted by atomic mass is 10.1. The van der Waals surface area contributed by atoms with E-state index in [-0.39, 0.29) is 23.0 Å². The second-order valence-electron chi connectivity index (χ2n) is 5.10. The number of non-ortho nitro benzene ring substituents is 1. The summed E-state index contributed by atoms with van der Waals surface area (Å²) in [6, 6.07) is 5.33. The molecule has 24 heavy (non-hydrogen) atoms. The van der Waals surface area contributed by atoms with Gasteiger partial charge < -0.3 is 9.84 Å². The lowest BCUT2D eigenvalue weighted by molar-refractivity contribution is -0.384. The Hall–Kier alpha value is -2.42. The fraction of sp³-hybridized carbons (Fsp3) is 0.400. The molecular weight excluding hydrogens is 338 g/mol. The van der Waals surface area contributed by atoms with Crippen molar-refractivity contribution in [1.82, 2.24) is 0 Å². The molecule has 0 aliphatic carbocycles. The van der Waals surface area contributed by atoms with E-state index in [9.17, 15) is 29.6 Å². The van der Waals surface area contributed by atoms with Crippen LogP contribution in [0.2, 0.25) is 0 Å². The highest BCUT2D eigenvalue weighted by atomic mass is 32.2. The number of ether oxygens (including phenoxy) is 1. The topological polar surface area (TPSA) is 124 Å². The van der Waals surface area contributed by atoms with Crippen molar-refractivity contribution in [3.05, 3.63) is 39.9 Å². The first-order valence-corrected chi connectivity index (χ1v) is 7.99. The summed E-state index contributed by atoms with van der Waals surface area (Å²) in [5, 5.41) is 19.6. The molecule has 0 aromatic heterocycles. The van der Waals surface area contributed by atoms with Crippen molar-refractivity contribution in [2.24, 2.45) is 5.92 Å². The van der Waals surface area contributed by atoms with E-state index in [0.717, 1.165) is 11.8 Å². The summed E-state index contributed by atoms with van der Waals surface area (Å²) in [7, 11) is 0. The van der Waals surface area contributed by atoms with Crippen LogP contribution in [0.25, 0.3) is 0 Å². The van der Waals surface area contributed by atoms with Crippen LogP contribution in [-0.4, -0.2) is 38.9 Å². The largest absolute Gasteiger partial charge is 0.478 e. The van der Waals surface area contributed by atoms with Crippen LogP contribution in [-0.2, 0) is 25.5 Å². The zero-order valence-corrected chi connectivity index (χ0v) is 13.9. The third-order valence-electron chi connectivity index (χ3n) is 3.04. The summed E-state index contributed by atoms with van der Waals surface area (Å²) in [5.74, 6) is -2.44. The predicted octanol–water partition coefficient (Wildman–Crippen LogP) is 2.05. The number of carboxylic acid groups (broad SMARTS) is 1. The first-order chi connectivity index (χ1) is 11.2. The molecule has 0 saturated carbocycles. The molecule has 0 aliphatic heterocycles. The van der Waals surface area contributed by atoms with Crippen LogP contribution in [0.1, 0.15) is 19.4 Å². The van der Waals surface area contributed by atoms with Crippen LogP contribution >= 0.6 is 11.8 Å². The summed E-state index contributed by atoms with van der Waals surface area (Å²) in [6.45, 7) is 2.92. The molecule has 130 valence electrons. The van der Waals surface area contributed by atoms with E-state index in [1.54, 1.807) is 6.92 Å². The molecule has 0 unspecified atom stereocenters. The number of nitrogens with zero attached hydrogens (tertiary/aromatic N) is 1. The number of nitro benzene ring substituents is 1. The van der Waals surface area contributed by atoms with E-state index < -0.39 is 28.9 Å². The molecule has 1 aromatic rings. The molecule has 0 radical (unpaired) electrons. The maximum absolute atomic E-state index is 11.9. The van der Waals surface area contributed by atoms with Crippen molar-refractivity contribution in [1.29, 1.82) is 0 Å². The number of aliphatic carboxylic acids is 1. The van der Waals surface area contributed by atoms with E-state index >= 15 is 0 Å². The normalized spacial score (nSPS) is 12.9. The number of esters is 1. The van der Waals surface area contributed by atoms with Gasteiger partial charge >= 0.3 is 11.9 Å². The molecule has 9 heteroatoms. The SMILES string of the molecule is CC(=O)SC[C@@H](C)C(=O)O[C@@H](Cc1ccc([N+](=O)[O-])cc1)C(=O)O. The van der Waals surface area contributed by atoms with E-state index in [2.05, 4.69) is 0 Å². The van der Waals surface area contributed by atoms with Crippen molar-refractivity contribution in [2.75, 3.05) is 5.75 Å². The number of benzene rings is 1. The standard InChI is InChI=1S/C15H17NO7S/c1-9(8-24-10(2)17)15(20)23-13(14(18)19)7-11-3-5-12(6-4-11)16(21)22/h3-6,9,13H,7-8H2,1-2H3,(H,18,19)/t9-,13+/m1/s1. The van der Waals surface area contributed by atoms with Crippen molar-refractivity contribution >= 4 is 34.5 Å². The Morgan fingerprint density at radius 2 is 1.88 bits per heavy atom. The number of hydrogen-bond acceptors (Lipinski definition) is 7. The predicted molar refractivity (Wildman–Crippen MR) is 86.6 cm³/mol. The number of rotatable bonds is 8. The highest BCUT2D eigenvalue weighted by Gasteiger charge is 2.26. The number of carbonyl (C=O) groups is 3. The van der Waals surface area contributed by atoms with Gasteiger partial charge in [0.25, 0.3) is 5.69 Å². The summed E-state index contributed by atoms with van der Waals surface area (Å²) in [6.07, 6.45) is -1.50. The van der Waals surface area contributed by atoms with Gasteiger partial charge in [0, 0.05) is 31.2 Å². The average Bonchev–Trinajstić information content (AvgIpc) is 2.52. The average molecular weight is 355 g/mol. The van der Waals surface area contributed by atoms with Crippen LogP contribution in [0, 0.1) is 16.0 Å². The highest BCUT2D eigenvalue weighted by Crippen LogP contribution is 2.16. The minimum Gasteiger partial charge on any atom is -0.478 e. The fourth-order valence-corrected chi connectivity index (χ4v) is 2.33. The maximum Gasteiger partial charge on any atom is 0.345 e. The van der Waals surface area contributed by atoms with E-state index in [1.807, 2.05) is 0 Å². The summed E-state index contributed by atoms with van der Waals surface area (Å²) in [5.41, 5.74) is 0.379. The third kappa shape index (κ3) is 6.37. The van der Waals surface area contributed by atoms with Crippen LogP contribution in [0.5, 0.6) is 0 Å². The van der Waals surface area contributed by atoms with Crippen LogP contribution in [0.3, 0.4) is 0 Å². The molecule has 2 atom stereocenters. The van der Waals surface area contributed by atoms with Gasteiger partial charge in [-0.15, -0.1) is 0 Å². The molecule has 0 saturated heterocycles. The summed E-state index contributed by atoms with van der Waals surface area (Å²) >= 11 is 0.960. The Morgan fingerprint density at radius 1 is 1.29 bits per heavy atom. The van der Waals surface area contributed by atoms with Gasteiger partial charge in [-0.2, -0.15) is 0 Å². The van der Waals surface area contributed by atoms with Gasteiger partial charge in [-0.3, -0.25) is 19.7 Å². The molecule has 8 nitrogen and oxygen atoms in total. The van der Waals surface area contributed by atoms with E-state index in [4.69, 9.17) is 4.74 Å². The summed E-state index contributed by atoms with van der Waals surface area (Å²) in [4.78, 5) is 44.1. The van der Waals surface area contributed by atoms with Gasteiger partial charge in [-0.1, -0.05) is 30.8 Å². The molecule has 0 heterocycles. The molecule has 0 bridgehead atoms. The summed E-state index contributed by atoms with van der Waals surface area (Å²) < 4.78 is 4.99. The fourth-order valence-electron chi connectivity index (χ4n) is 1.71. The molecular formula is C15H17NO7S. The second kappa shape index (κ2) is 9.02. The third-order valence-corrected chi connectivity index (χ3v) is 4.11. The van der Waals surface area contributed by atoms with E-state index in [0.29, 0.717) is 5.56 Å². The second-order valence-corrected chi connectivity index (χ2v) is 6.29. The monoisotopic (exact) mass is 355 g/mol. The van der Waals surface area contributed by atoms with Crippen molar-refractivity contribution in [3.8, 4) is 0 Å². The van der Waals surface area contributed by atoms with Crippen LogP contribution < -0.4 is 0 Å². The minimum absolute atomic E-state index is 0.106. The van der Waals surface area contributed by atoms with Gasteiger partial charge in [-0.25, -0.2) is 4.79 Å². The smallest absolute Gasteiger partial charge is 0.345 e. The van der Waals surface area contributed by atoms with Gasteiger partial charge in [0.2, 0.25) is 6.10 Å². The number of carboxylic acids is 1. The van der Waals surface area contributed by atoms with Crippen molar-refractivity contribution < 1.29 is 29.2 Å². The minimum atomic E-state index is -1.40. The Morgan fingerprint density at radius 3 is 2.33 bits per heavy atom. The van der Waals surface area contributed by atoms with Gasteiger partial charge in [0.1, 0.15) is 0 Å². The highest BCUT2D eigenvalue weighted by molar-refractivity contribution is 8.13. The lowest BCUT2D eigenvalue weighted by Gasteiger charge is -2.16. The van der Waals surface area contributed by atoms with Gasteiger partial charge in [-0.05, 0) is 5.56 Å². The Kier molecular flexibility index (Phi) is 7.37. The Labute approximate surface area is 142 Å². The lowest BCUT2D eigenvalue weighted by Crippen LogP contribution is -2.32. The Balaban J connectivity index is 2.70. The molecule has 0 aliphatic rings. The van der Waals surface area contributed by atoms with Gasteiger partial charge in [0.05, 0.1) is 10.8 Å². The van der Waals surface area contributed by atoms with Crippen LogP contribution in [0.4, 0.5) is 5.69 Å². The van der Waals surface area contributed by atoms with E-state index in [1.165, 1.54) is 31.2 Å². The van der Waals surface area contributed by atoms with Crippen LogP contribution in [0.15, 0.2) is 24.3 Å². The molecule has 0 amide bonds. The first-order valence-electron chi connectivity index (χ1n) is 7.00. The van der Waals surface area contributed by atoms with Crippen molar-refractivity contribution in [2.45, 2.75) is 26.4 Å².